The summed E-state index contributed by atoms with van der Waals surface area (Å²) in [6, 6.07) is 3.85. The zero-order valence-corrected chi connectivity index (χ0v) is 9.94. The summed E-state index contributed by atoms with van der Waals surface area (Å²) >= 11 is 3.56. The molecule has 0 bridgehead atoms. The maximum Gasteiger partial charge on any atom is 0.237 e. The van der Waals surface area contributed by atoms with Crippen LogP contribution >= 0.6 is 23.1 Å². The lowest BCUT2D eigenvalue weighted by Crippen LogP contribution is -2.44. The van der Waals surface area contributed by atoms with Crippen LogP contribution in [-0.4, -0.2) is 24.2 Å². The van der Waals surface area contributed by atoms with Crippen molar-refractivity contribution in [1.29, 1.82) is 0 Å². The van der Waals surface area contributed by atoms with Crippen LogP contribution in [0.2, 0.25) is 0 Å². The van der Waals surface area contributed by atoms with Gasteiger partial charge in [0.05, 0.1) is 6.04 Å². The van der Waals surface area contributed by atoms with Gasteiger partial charge in [-0.2, -0.15) is 11.8 Å². The van der Waals surface area contributed by atoms with Crippen molar-refractivity contribution in [3.8, 4) is 0 Å². The van der Waals surface area contributed by atoms with Crippen LogP contribution in [0.1, 0.15) is 16.5 Å². The molecule has 1 aromatic rings. The van der Waals surface area contributed by atoms with E-state index in [0.717, 1.165) is 13.0 Å². The second-order valence-electron chi connectivity index (χ2n) is 3.52. The van der Waals surface area contributed by atoms with Crippen LogP contribution in [0.25, 0.3) is 0 Å². The van der Waals surface area contributed by atoms with Crippen LogP contribution in [0.4, 0.5) is 0 Å². The van der Waals surface area contributed by atoms with Gasteiger partial charge in [0.1, 0.15) is 0 Å². The van der Waals surface area contributed by atoms with Gasteiger partial charge in [0.25, 0.3) is 0 Å². The molecule has 0 unspecified atom stereocenters. The molecule has 0 saturated carbocycles. The maximum atomic E-state index is 11.3. The van der Waals surface area contributed by atoms with E-state index in [0.29, 0.717) is 11.0 Å². The molecule has 2 rings (SSSR count). The molecule has 3 nitrogen and oxygen atoms in total. The van der Waals surface area contributed by atoms with Crippen molar-refractivity contribution in [1.82, 2.24) is 5.32 Å². The van der Waals surface area contributed by atoms with Gasteiger partial charge in [-0.1, -0.05) is 6.07 Å². The van der Waals surface area contributed by atoms with Gasteiger partial charge in [0.2, 0.25) is 5.91 Å². The summed E-state index contributed by atoms with van der Waals surface area (Å²) in [7, 11) is 0. The second-order valence-corrected chi connectivity index (χ2v) is 5.74. The summed E-state index contributed by atoms with van der Waals surface area (Å²) in [6.07, 6.45) is 0.990. The number of amides is 1. The first-order valence-corrected chi connectivity index (χ1v) is 6.88. The standard InChI is InChI=1S/C10H14N2OS2/c11-7-6-15-9(3-4-12-10(7)13)8-2-1-5-14-8/h1-2,5,7,9H,3-4,6,11H2,(H,12,13)/t7-,9-/m1/s1. The van der Waals surface area contributed by atoms with Crippen molar-refractivity contribution in [3.05, 3.63) is 22.4 Å². The first-order valence-electron chi connectivity index (χ1n) is 4.95. The number of nitrogens with one attached hydrogen (secondary N) is 1. The Morgan fingerprint density at radius 3 is 3.13 bits per heavy atom. The summed E-state index contributed by atoms with van der Waals surface area (Å²) in [5.74, 6) is 0.682. The average Bonchev–Trinajstić information content (AvgIpc) is 2.73. The zero-order valence-electron chi connectivity index (χ0n) is 8.31. The number of rotatable bonds is 1. The number of thiophene rings is 1. The monoisotopic (exact) mass is 242 g/mol. The molecule has 3 N–H and O–H groups in total. The Kier molecular flexibility index (Phi) is 3.66. The van der Waals surface area contributed by atoms with E-state index in [4.69, 9.17) is 5.73 Å². The molecule has 2 heterocycles. The molecule has 82 valence electrons. The number of hydrogen-bond acceptors (Lipinski definition) is 4. The van der Waals surface area contributed by atoms with Crippen LogP contribution in [0.15, 0.2) is 17.5 Å². The lowest BCUT2D eigenvalue weighted by Gasteiger charge is -2.21. The van der Waals surface area contributed by atoms with E-state index in [1.54, 1.807) is 23.1 Å². The molecule has 15 heavy (non-hydrogen) atoms. The van der Waals surface area contributed by atoms with E-state index in [1.165, 1.54) is 4.88 Å². The molecule has 1 amide bonds. The van der Waals surface area contributed by atoms with Crippen molar-refractivity contribution in [2.24, 2.45) is 5.73 Å². The van der Waals surface area contributed by atoms with E-state index in [1.807, 2.05) is 0 Å². The summed E-state index contributed by atoms with van der Waals surface area (Å²) in [6.45, 7) is 0.724. The molecular weight excluding hydrogens is 228 g/mol. The van der Waals surface area contributed by atoms with Gasteiger partial charge in [0, 0.05) is 22.4 Å². The largest absolute Gasteiger partial charge is 0.355 e. The first-order chi connectivity index (χ1) is 7.27. The van der Waals surface area contributed by atoms with Gasteiger partial charge < -0.3 is 11.1 Å². The lowest BCUT2D eigenvalue weighted by molar-refractivity contribution is -0.121. The molecule has 1 aliphatic rings. The second kappa shape index (κ2) is 5.01. The van der Waals surface area contributed by atoms with E-state index >= 15 is 0 Å². The molecular formula is C10H14N2OS2. The number of hydrogen-bond donors (Lipinski definition) is 2. The Labute approximate surface area is 97.4 Å². The van der Waals surface area contributed by atoms with Crippen molar-refractivity contribution >= 4 is 29.0 Å². The quantitative estimate of drug-likeness (QED) is 0.782. The Morgan fingerprint density at radius 2 is 2.40 bits per heavy atom. The highest BCUT2D eigenvalue weighted by Crippen LogP contribution is 2.35. The van der Waals surface area contributed by atoms with Gasteiger partial charge in [-0.05, 0) is 17.9 Å². The zero-order chi connectivity index (χ0) is 10.7. The molecule has 0 spiro atoms. The summed E-state index contributed by atoms with van der Waals surface area (Å²) in [5.41, 5.74) is 5.73. The summed E-state index contributed by atoms with van der Waals surface area (Å²) in [4.78, 5) is 12.7. The molecule has 0 radical (unpaired) electrons. The molecule has 0 aliphatic carbocycles. The van der Waals surface area contributed by atoms with Crippen molar-refractivity contribution in [2.45, 2.75) is 17.7 Å². The van der Waals surface area contributed by atoms with Crippen LogP contribution < -0.4 is 11.1 Å². The Morgan fingerprint density at radius 1 is 1.53 bits per heavy atom. The van der Waals surface area contributed by atoms with Crippen LogP contribution in [0.3, 0.4) is 0 Å². The maximum absolute atomic E-state index is 11.3. The van der Waals surface area contributed by atoms with Crippen LogP contribution in [0.5, 0.6) is 0 Å². The van der Waals surface area contributed by atoms with E-state index < -0.39 is 0 Å². The molecule has 0 aromatic carbocycles. The molecule has 1 aliphatic heterocycles. The van der Waals surface area contributed by atoms with E-state index in [9.17, 15) is 4.79 Å². The first kappa shape index (κ1) is 11.0. The normalized spacial score (nSPS) is 27.9. The molecule has 2 atom stereocenters. The summed E-state index contributed by atoms with van der Waals surface area (Å²) in [5, 5.41) is 5.43. The van der Waals surface area contributed by atoms with Gasteiger partial charge in [-0.15, -0.1) is 11.3 Å². The molecule has 1 saturated heterocycles. The average molecular weight is 242 g/mol. The number of thioether (sulfide) groups is 1. The minimum Gasteiger partial charge on any atom is -0.355 e. The smallest absolute Gasteiger partial charge is 0.237 e. The predicted molar refractivity (Wildman–Crippen MR) is 65.1 cm³/mol. The Hall–Kier alpha value is -0.520. The Bertz CT molecular complexity index is 326. The van der Waals surface area contributed by atoms with Crippen molar-refractivity contribution in [3.63, 3.8) is 0 Å². The SMILES string of the molecule is N[C@@H]1CS[C@@H](c2cccs2)CCNC1=O. The third-order valence-corrected chi connectivity index (χ3v) is 4.96. The molecule has 1 fully saturated rings. The van der Waals surface area contributed by atoms with Crippen LogP contribution in [0, 0.1) is 0 Å². The number of carbonyl (C=O) groups is 1. The fraction of sp³-hybridized carbons (Fsp3) is 0.500. The third kappa shape index (κ3) is 2.74. The highest BCUT2D eigenvalue weighted by Gasteiger charge is 2.21. The minimum absolute atomic E-state index is 0.0212. The highest BCUT2D eigenvalue weighted by atomic mass is 32.2. The van der Waals surface area contributed by atoms with Gasteiger partial charge in [0.15, 0.2) is 0 Å². The minimum atomic E-state index is -0.363. The fourth-order valence-corrected chi connectivity index (χ4v) is 3.77. The highest BCUT2D eigenvalue weighted by molar-refractivity contribution is 7.99. The molecule has 5 heteroatoms. The number of nitrogens with two attached hydrogens (primary N) is 1. The van der Waals surface area contributed by atoms with E-state index in [2.05, 4.69) is 22.8 Å². The van der Waals surface area contributed by atoms with E-state index in [-0.39, 0.29) is 11.9 Å². The van der Waals surface area contributed by atoms with Crippen LogP contribution in [-0.2, 0) is 4.79 Å². The summed E-state index contributed by atoms with van der Waals surface area (Å²) < 4.78 is 0. The fourth-order valence-electron chi connectivity index (χ4n) is 1.54. The third-order valence-electron chi connectivity index (χ3n) is 2.38. The Balaban J connectivity index is 2.01. The van der Waals surface area contributed by atoms with Gasteiger partial charge in [-0.3, -0.25) is 4.79 Å². The predicted octanol–water partition coefficient (Wildman–Crippen LogP) is 1.37. The number of carbonyl (C=O) groups excluding carboxylic acids is 1. The van der Waals surface area contributed by atoms with Gasteiger partial charge >= 0.3 is 0 Å². The van der Waals surface area contributed by atoms with Gasteiger partial charge in [-0.25, -0.2) is 0 Å². The van der Waals surface area contributed by atoms with Crippen molar-refractivity contribution < 1.29 is 4.79 Å². The topological polar surface area (TPSA) is 55.1 Å². The molecule has 1 aromatic heterocycles. The van der Waals surface area contributed by atoms with Crippen molar-refractivity contribution in [2.75, 3.05) is 12.3 Å². The lowest BCUT2D eigenvalue weighted by atomic mass is 10.2.